The van der Waals surface area contributed by atoms with Gasteiger partial charge in [-0.3, -0.25) is 24.5 Å². The molecular formula is C23H13ClN4O5S2. The van der Waals surface area contributed by atoms with Crippen molar-refractivity contribution in [3.63, 3.8) is 0 Å². The highest BCUT2D eigenvalue weighted by Gasteiger charge is 2.41. The van der Waals surface area contributed by atoms with Gasteiger partial charge in [0.15, 0.2) is 4.34 Å². The molecular weight excluding hydrogens is 512 g/mol. The van der Waals surface area contributed by atoms with Crippen LogP contribution in [0, 0.1) is 10.1 Å². The van der Waals surface area contributed by atoms with Crippen molar-refractivity contribution in [1.82, 2.24) is 4.98 Å². The zero-order valence-electron chi connectivity index (χ0n) is 17.6. The number of fused-ring (bicyclic) bond motifs is 2. The fourth-order valence-electron chi connectivity index (χ4n) is 3.60. The van der Waals surface area contributed by atoms with Crippen LogP contribution in [0.1, 0.15) is 20.7 Å². The second kappa shape index (κ2) is 9.10. The van der Waals surface area contributed by atoms with Crippen molar-refractivity contribution in [3.05, 3.63) is 86.9 Å². The third-order valence-corrected chi connectivity index (χ3v) is 7.57. The van der Waals surface area contributed by atoms with E-state index in [1.54, 1.807) is 42.5 Å². The minimum absolute atomic E-state index is 0.00320. The molecule has 0 aliphatic carbocycles. The summed E-state index contributed by atoms with van der Waals surface area (Å²) in [7, 11) is 0. The summed E-state index contributed by atoms with van der Waals surface area (Å²) in [4.78, 5) is 54.2. The summed E-state index contributed by atoms with van der Waals surface area (Å²) in [5.41, 5.74) is 0.944. The number of thioether (sulfide) groups is 1. The van der Waals surface area contributed by atoms with Crippen molar-refractivity contribution < 1.29 is 19.3 Å². The zero-order valence-corrected chi connectivity index (χ0v) is 19.9. The minimum Gasteiger partial charge on any atom is -0.325 e. The maximum Gasteiger partial charge on any atom is 0.283 e. The molecule has 2 heterocycles. The van der Waals surface area contributed by atoms with Crippen LogP contribution in [0.15, 0.2) is 65.0 Å². The molecule has 1 N–H and O–H groups in total. The van der Waals surface area contributed by atoms with Crippen molar-refractivity contribution in [3.8, 4) is 0 Å². The van der Waals surface area contributed by atoms with Gasteiger partial charge in [-0.25, -0.2) is 9.88 Å². The molecule has 0 atom stereocenters. The van der Waals surface area contributed by atoms with Gasteiger partial charge in [-0.05, 0) is 48.5 Å². The number of hydrogen-bond donors (Lipinski definition) is 1. The highest BCUT2D eigenvalue weighted by atomic mass is 35.5. The van der Waals surface area contributed by atoms with Crippen LogP contribution in [0.2, 0.25) is 5.02 Å². The first-order valence-electron chi connectivity index (χ1n) is 10.1. The zero-order chi connectivity index (χ0) is 24.7. The maximum atomic E-state index is 13.0. The number of carbonyl (C=O) groups excluding carboxylic acids is 3. The van der Waals surface area contributed by atoms with Gasteiger partial charge in [0.2, 0.25) is 5.91 Å². The Labute approximate surface area is 210 Å². The molecule has 0 saturated carbocycles. The lowest BCUT2D eigenvalue weighted by Crippen LogP contribution is -2.29. The lowest BCUT2D eigenvalue weighted by atomic mass is 10.1. The molecule has 5 rings (SSSR count). The minimum atomic E-state index is -0.741. The molecule has 4 aromatic rings. The molecule has 1 aliphatic rings. The van der Waals surface area contributed by atoms with Crippen molar-refractivity contribution in [2.45, 2.75) is 4.34 Å². The van der Waals surface area contributed by atoms with Crippen LogP contribution in [0.3, 0.4) is 0 Å². The lowest BCUT2D eigenvalue weighted by molar-refractivity contribution is -0.385. The number of nitro groups is 1. The number of amides is 3. The fourth-order valence-corrected chi connectivity index (χ4v) is 5.63. The Morgan fingerprint density at radius 1 is 1.11 bits per heavy atom. The number of nitrogens with zero attached hydrogens (tertiary/aromatic N) is 3. The van der Waals surface area contributed by atoms with Crippen LogP contribution in [0.5, 0.6) is 0 Å². The van der Waals surface area contributed by atoms with Crippen LogP contribution in [-0.2, 0) is 4.79 Å². The fraction of sp³-hybridized carbons (Fsp3) is 0.0435. The van der Waals surface area contributed by atoms with E-state index >= 15 is 0 Å². The summed E-state index contributed by atoms with van der Waals surface area (Å²) in [6.07, 6.45) is 0. The molecule has 0 radical (unpaired) electrons. The number of nitrogens with one attached hydrogen (secondary N) is 1. The van der Waals surface area contributed by atoms with E-state index in [-0.39, 0.29) is 22.8 Å². The van der Waals surface area contributed by atoms with Gasteiger partial charge in [-0.2, -0.15) is 0 Å². The number of halogens is 1. The van der Waals surface area contributed by atoms with Gasteiger partial charge in [0.25, 0.3) is 17.5 Å². The number of hydrogen-bond acceptors (Lipinski definition) is 8. The van der Waals surface area contributed by atoms with E-state index in [0.29, 0.717) is 31.0 Å². The topological polar surface area (TPSA) is 123 Å². The first kappa shape index (κ1) is 23.0. The summed E-state index contributed by atoms with van der Waals surface area (Å²) in [5.74, 6) is -1.43. The van der Waals surface area contributed by atoms with E-state index in [0.717, 1.165) is 4.90 Å². The van der Waals surface area contributed by atoms with E-state index in [1.165, 1.54) is 41.3 Å². The third-order valence-electron chi connectivity index (χ3n) is 5.15. The number of rotatable bonds is 6. The standard InChI is InChI=1S/C23H13ClN4O5S2/c24-12-4-6-13(7-5-12)25-19(29)11-34-23-26-16-9-8-14(10-18(16)35-23)27-21(30)15-2-1-3-17(28(32)33)20(15)22(27)31/h1-10H,11H2,(H,25,29). The molecule has 1 aliphatic heterocycles. The Balaban J connectivity index is 1.34. The van der Waals surface area contributed by atoms with Crippen LogP contribution in [0.25, 0.3) is 10.2 Å². The normalized spacial score (nSPS) is 12.8. The van der Waals surface area contributed by atoms with E-state index in [4.69, 9.17) is 11.6 Å². The van der Waals surface area contributed by atoms with Crippen LogP contribution >= 0.6 is 34.7 Å². The number of anilines is 2. The van der Waals surface area contributed by atoms with E-state index in [9.17, 15) is 24.5 Å². The van der Waals surface area contributed by atoms with E-state index < -0.39 is 22.4 Å². The molecule has 0 bridgehead atoms. The predicted octanol–water partition coefficient (Wildman–Crippen LogP) is 5.39. The second-order valence-electron chi connectivity index (χ2n) is 7.38. The summed E-state index contributed by atoms with van der Waals surface area (Å²) in [5, 5.41) is 14.7. The number of benzene rings is 3. The molecule has 9 nitrogen and oxygen atoms in total. The number of imide groups is 1. The summed E-state index contributed by atoms with van der Waals surface area (Å²) in [6, 6.07) is 15.6. The molecule has 0 saturated heterocycles. The van der Waals surface area contributed by atoms with E-state index in [2.05, 4.69) is 10.3 Å². The van der Waals surface area contributed by atoms with Gasteiger partial charge < -0.3 is 5.32 Å². The first-order valence-corrected chi connectivity index (χ1v) is 12.2. The summed E-state index contributed by atoms with van der Waals surface area (Å²) in [6.45, 7) is 0. The highest BCUT2D eigenvalue weighted by Crippen LogP contribution is 2.37. The predicted molar refractivity (Wildman–Crippen MR) is 135 cm³/mol. The Kier molecular flexibility index (Phi) is 5.97. The molecule has 12 heteroatoms. The molecule has 0 spiro atoms. The van der Waals surface area contributed by atoms with Crippen molar-refractivity contribution in [2.24, 2.45) is 0 Å². The summed E-state index contributed by atoms with van der Waals surface area (Å²) < 4.78 is 1.34. The lowest BCUT2D eigenvalue weighted by Gasteiger charge is -2.13. The van der Waals surface area contributed by atoms with Gasteiger partial charge in [0.1, 0.15) is 5.56 Å². The Bertz CT molecular complexity index is 1540. The van der Waals surface area contributed by atoms with Crippen LogP contribution in [0.4, 0.5) is 17.1 Å². The molecule has 0 fully saturated rings. The molecule has 3 aromatic carbocycles. The van der Waals surface area contributed by atoms with Crippen molar-refractivity contribution in [2.75, 3.05) is 16.0 Å². The van der Waals surface area contributed by atoms with Gasteiger partial charge in [0, 0.05) is 16.8 Å². The third kappa shape index (κ3) is 4.36. The number of thiazole rings is 1. The van der Waals surface area contributed by atoms with Crippen molar-refractivity contribution >= 4 is 79.7 Å². The second-order valence-corrected chi connectivity index (χ2v) is 10.1. The van der Waals surface area contributed by atoms with Crippen molar-refractivity contribution in [1.29, 1.82) is 0 Å². The SMILES string of the molecule is O=C(CSc1nc2ccc(N3C(=O)c4cccc([N+](=O)[O-])c4C3=O)cc2s1)Nc1ccc(Cl)cc1. The average Bonchev–Trinajstić information content (AvgIpc) is 3.36. The van der Waals surface area contributed by atoms with Crippen LogP contribution < -0.4 is 10.2 Å². The van der Waals surface area contributed by atoms with Gasteiger partial charge >= 0.3 is 0 Å². The molecule has 35 heavy (non-hydrogen) atoms. The largest absolute Gasteiger partial charge is 0.325 e. The Morgan fingerprint density at radius 2 is 1.89 bits per heavy atom. The maximum absolute atomic E-state index is 13.0. The highest BCUT2D eigenvalue weighted by molar-refractivity contribution is 8.01. The Morgan fingerprint density at radius 3 is 2.63 bits per heavy atom. The van der Waals surface area contributed by atoms with Crippen LogP contribution in [-0.4, -0.2) is 33.4 Å². The first-order chi connectivity index (χ1) is 16.8. The quantitative estimate of drug-likeness (QED) is 0.155. The molecule has 0 unspecified atom stereocenters. The number of aromatic nitrogens is 1. The average molecular weight is 525 g/mol. The van der Waals surface area contributed by atoms with Gasteiger partial charge in [-0.15, -0.1) is 11.3 Å². The smallest absolute Gasteiger partial charge is 0.283 e. The monoisotopic (exact) mass is 524 g/mol. The molecule has 174 valence electrons. The summed E-state index contributed by atoms with van der Waals surface area (Å²) >= 11 is 8.42. The Hall–Kier alpha value is -3.80. The van der Waals surface area contributed by atoms with E-state index in [1.807, 2.05) is 0 Å². The molecule has 1 aromatic heterocycles. The number of nitro benzene ring substituents is 1. The molecule has 3 amide bonds. The van der Waals surface area contributed by atoms with Gasteiger partial charge in [0.05, 0.1) is 32.1 Å². The number of carbonyl (C=O) groups is 3. The van der Waals surface area contributed by atoms with Gasteiger partial charge in [-0.1, -0.05) is 29.4 Å².